The molecule has 0 aliphatic carbocycles. The van der Waals surface area contributed by atoms with Crippen LogP contribution in [0, 0.1) is 11.3 Å². The second-order valence-electron chi connectivity index (χ2n) is 4.77. The Bertz CT molecular complexity index is 466. The molecule has 0 aromatic rings. The first kappa shape index (κ1) is 11.6. The molecule has 0 fully saturated rings. The Hall–Kier alpha value is -0.850. The Morgan fingerprint density at radius 1 is 1.31 bits per heavy atom. The third kappa shape index (κ3) is 2.00. The molecule has 0 saturated carbocycles. The van der Waals surface area contributed by atoms with Crippen LogP contribution >= 0.6 is 22.6 Å². The minimum absolute atomic E-state index is 0.166. The number of amides is 1. The Morgan fingerprint density at radius 3 is 2.62 bits per heavy atom. The van der Waals surface area contributed by atoms with Crippen molar-refractivity contribution in [3.05, 3.63) is 9.78 Å². The van der Waals surface area contributed by atoms with E-state index in [1.54, 1.807) is 12.4 Å². The van der Waals surface area contributed by atoms with Crippen LogP contribution in [0.15, 0.2) is 24.8 Å². The van der Waals surface area contributed by atoms with Crippen LogP contribution in [0.1, 0.15) is 20.8 Å². The van der Waals surface area contributed by atoms with Crippen LogP contribution < -0.4 is 0 Å². The summed E-state index contributed by atoms with van der Waals surface area (Å²) in [6.45, 7) is 5.99. The van der Waals surface area contributed by atoms with Gasteiger partial charge in [0.25, 0.3) is 5.91 Å². The van der Waals surface area contributed by atoms with Crippen molar-refractivity contribution in [2.45, 2.75) is 20.8 Å². The van der Waals surface area contributed by atoms with Crippen LogP contribution in [0.2, 0.25) is 0 Å². The van der Waals surface area contributed by atoms with Crippen LogP contribution in [0.25, 0.3) is 0 Å². The maximum absolute atomic E-state index is 11.8. The molecule has 84 valence electrons. The number of aliphatic imine (C=N–C) groups is 3. The highest BCUT2D eigenvalue weighted by Crippen LogP contribution is 2.27. The highest BCUT2D eigenvalue weighted by Gasteiger charge is 2.33. The lowest BCUT2D eigenvalue weighted by molar-refractivity contribution is -0.118. The lowest BCUT2D eigenvalue weighted by atomic mass is 9.92. The van der Waals surface area contributed by atoms with Gasteiger partial charge in [-0.05, 0) is 22.6 Å². The maximum atomic E-state index is 11.8. The fourth-order valence-corrected chi connectivity index (χ4v) is 2.05. The maximum Gasteiger partial charge on any atom is 0.262 e. The van der Waals surface area contributed by atoms with Gasteiger partial charge in [0.2, 0.25) is 0 Å². The van der Waals surface area contributed by atoms with Gasteiger partial charge < -0.3 is 0 Å². The summed E-state index contributed by atoms with van der Waals surface area (Å²) in [5.41, 5.74) is 0.569. The lowest BCUT2D eigenvalue weighted by Gasteiger charge is -2.25. The molecule has 2 aliphatic heterocycles. The second kappa shape index (κ2) is 3.87. The highest BCUT2D eigenvalue weighted by atomic mass is 127. The molecule has 0 spiro atoms. The molecule has 0 aromatic heterocycles. The fraction of sp³-hybridized carbons (Fsp3) is 0.455. The third-order valence-corrected chi connectivity index (χ3v) is 3.17. The van der Waals surface area contributed by atoms with Crippen LogP contribution in [-0.4, -0.2) is 23.7 Å². The quantitative estimate of drug-likeness (QED) is 0.630. The molecular formula is C11H12IN3O. The summed E-state index contributed by atoms with van der Waals surface area (Å²) in [6, 6.07) is 0. The topological polar surface area (TPSA) is 54.1 Å². The third-order valence-electron chi connectivity index (χ3n) is 2.34. The van der Waals surface area contributed by atoms with Gasteiger partial charge in [-0.15, -0.1) is 0 Å². The first-order valence-electron chi connectivity index (χ1n) is 5.00. The summed E-state index contributed by atoms with van der Waals surface area (Å²) in [5, 5.41) is 0. The molecule has 16 heavy (non-hydrogen) atoms. The standard InChI is InChI=1S/C11H12IN3O/c1-11(2,3)10-14-8-6(9(16)15-10)4-13-5-7(8)12/h4-6H,1-3H3. The van der Waals surface area contributed by atoms with E-state index < -0.39 is 0 Å². The molecule has 0 aromatic carbocycles. The summed E-state index contributed by atoms with van der Waals surface area (Å²) in [6.07, 6.45) is 3.32. The van der Waals surface area contributed by atoms with Crippen LogP contribution in [0.4, 0.5) is 0 Å². The Labute approximate surface area is 108 Å². The molecular weight excluding hydrogens is 317 g/mol. The zero-order valence-corrected chi connectivity index (χ0v) is 11.5. The van der Waals surface area contributed by atoms with E-state index in [-0.39, 0.29) is 17.2 Å². The SMILES string of the molecule is CC(C)(C)C1=NC(=O)C2C=NC=C(I)C2=N1. The van der Waals surface area contributed by atoms with Crippen molar-refractivity contribution in [1.82, 2.24) is 0 Å². The Kier molecular flexibility index (Phi) is 2.81. The summed E-state index contributed by atoms with van der Waals surface area (Å²) in [4.78, 5) is 24.4. The molecule has 0 radical (unpaired) electrons. The van der Waals surface area contributed by atoms with E-state index in [0.29, 0.717) is 5.84 Å². The molecule has 1 unspecified atom stereocenters. The van der Waals surface area contributed by atoms with Crippen molar-refractivity contribution in [3.8, 4) is 0 Å². The lowest BCUT2D eigenvalue weighted by Crippen LogP contribution is -2.35. The van der Waals surface area contributed by atoms with Crippen LogP contribution in [-0.2, 0) is 4.79 Å². The first-order chi connectivity index (χ1) is 7.39. The monoisotopic (exact) mass is 329 g/mol. The van der Waals surface area contributed by atoms with Crippen molar-refractivity contribution >= 4 is 46.3 Å². The van der Waals surface area contributed by atoms with Gasteiger partial charge >= 0.3 is 0 Å². The molecule has 5 heteroatoms. The van der Waals surface area contributed by atoms with Gasteiger partial charge in [-0.3, -0.25) is 9.79 Å². The summed E-state index contributed by atoms with van der Waals surface area (Å²) < 4.78 is 0.912. The van der Waals surface area contributed by atoms with E-state index in [1.165, 1.54) is 0 Å². The average Bonchev–Trinajstić information content (AvgIpc) is 2.18. The average molecular weight is 329 g/mol. The van der Waals surface area contributed by atoms with Gasteiger partial charge in [0.15, 0.2) is 0 Å². The number of carbonyl (C=O) groups excluding carboxylic acids is 1. The molecule has 1 atom stereocenters. The molecule has 4 nitrogen and oxygen atoms in total. The van der Waals surface area contributed by atoms with Gasteiger partial charge in [0.05, 0.1) is 9.29 Å². The minimum Gasteiger partial charge on any atom is -0.271 e. The van der Waals surface area contributed by atoms with Crippen molar-refractivity contribution in [2.75, 3.05) is 0 Å². The Balaban J connectivity index is 2.48. The van der Waals surface area contributed by atoms with Crippen LogP contribution in [0.5, 0.6) is 0 Å². The van der Waals surface area contributed by atoms with Gasteiger partial charge in [0, 0.05) is 17.8 Å². The molecule has 0 N–H and O–H groups in total. The number of allylic oxidation sites excluding steroid dienone is 1. The minimum atomic E-state index is -0.386. The van der Waals surface area contributed by atoms with E-state index in [4.69, 9.17) is 0 Å². The number of nitrogens with zero attached hydrogens (tertiary/aromatic N) is 3. The largest absolute Gasteiger partial charge is 0.271 e. The molecule has 1 amide bonds. The number of rotatable bonds is 0. The molecule has 0 saturated heterocycles. The zero-order chi connectivity index (χ0) is 11.9. The predicted octanol–water partition coefficient (Wildman–Crippen LogP) is 2.39. The van der Waals surface area contributed by atoms with Crippen molar-refractivity contribution in [3.63, 3.8) is 0 Å². The number of amidine groups is 1. The number of fused-ring (bicyclic) bond motifs is 1. The van der Waals surface area contributed by atoms with Crippen LogP contribution in [0.3, 0.4) is 0 Å². The van der Waals surface area contributed by atoms with E-state index in [0.717, 1.165) is 9.29 Å². The van der Waals surface area contributed by atoms with E-state index in [1.807, 2.05) is 20.8 Å². The van der Waals surface area contributed by atoms with Crippen molar-refractivity contribution < 1.29 is 4.79 Å². The van der Waals surface area contributed by atoms with Gasteiger partial charge in [0.1, 0.15) is 11.8 Å². The Morgan fingerprint density at radius 2 is 2.00 bits per heavy atom. The summed E-state index contributed by atoms with van der Waals surface area (Å²) in [5.74, 6) is 0.0468. The zero-order valence-electron chi connectivity index (χ0n) is 9.36. The molecule has 2 rings (SSSR count). The predicted molar refractivity (Wildman–Crippen MR) is 73.4 cm³/mol. The highest BCUT2D eigenvalue weighted by molar-refractivity contribution is 14.1. The molecule has 2 heterocycles. The van der Waals surface area contributed by atoms with Gasteiger partial charge in [-0.2, -0.15) is 4.99 Å². The van der Waals surface area contributed by atoms with Gasteiger partial charge in [-0.25, -0.2) is 4.99 Å². The normalized spacial score (nSPS) is 24.6. The smallest absolute Gasteiger partial charge is 0.262 e. The summed E-state index contributed by atoms with van der Waals surface area (Å²) in [7, 11) is 0. The van der Waals surface area contributed by atoms with E-state index >= 15 is 0 Å². The number of halogens is 1. The summed E-state index contributed by atoms with van der Waals surface area (Å²) >= 11 is 2.15. The van der Waals surface area contributed by atoms with Gasteiger partial charge in [-0.1, -0.05) is 20.8 Å². The molecule has 2 aliphatic rings. The van der Waals surface area contributed by atoms with E-state index in [2.05, 4.69) is 37.6 Å². The number of carbonyl (C=O) groups is 1. The fourth-order valence-electron chi connectivity index (χ4n) is 1.43. The second-order valence-corrected chi connectivity index (χ2v) is 5.94. The molecule has 0 bridgehead atoms. The van der Waals surface area contributed by atoms with E-state index in [9.17, 15) is 4.79 Å². The number of hydrogen-bond donors (Lipinski definition) is 0. The first-order valence-corrected chi connectivity index (χ1v) is 6.08. The van der Waals surface area contributed by atoms with Crippen molar-refractivity contribution in [2.24, 2.45) is 26.3 Å². The van der Waals surface area contributed by atoms with Crippen molar-refractivity contribution in [1.29, 1.82) is 0 Å². The number of hydrogen-bond acceptors (Lipinski definition) is 3.